The molecule has 0 aromatic rings. The number of hydrogen-bond acceptors (Lipinski definition) is 7. The number of carbonyl (C=O) groups excluding carboxylic acids is 2. The highest BCUT2D eigenvalue weighted by Gasteiger charge is 2.10. The summed E-state index contributed by atoms with van der Waals surface area (Å²) in [4.78, 5) is 21.9. The van der Waals surface area contributed by atoms with E-state index in [0.29, 0.717) is 12.0 Å². The van der Waals surface area contributed by atoms with Gasteiger partial charge < -0.3 is 26.6 Å². The number of ketones is 2. The summed E-state index contributed by atoms with van der Waals surface area (Å²) in [5.74, 6) is 2.91. The van der Waals surface area contributed by atoms with Crippen molar-refractivity contribution < 1.29 is 11.0 Å². The lowest BCUT2D eigenvalue weighted by Gasteiger charge is -2.15. The molecule has 438 valence electrons. The van der Waals surface area contributed by atoms with Crippen molar-refractivity contribution in [3.63, 3.8) is 0 Å². The molecule has 0 rings (SSSR count). The third-order valence-corrected chi connectivity index (χ3v) is 10.1. The van der Waals surface area contributed by atoms with Crippen LogP contribution >= 0.6 is 0 Å². The average molecular weight is 1000 g/mol. The Morgan fingerprint density at radius 2 is 0.899 bits per heavy atom. The van der Waals surface area contributed by atoms with Crippen LogP contribution in [-0.2, 0) is 9.59 Å². The molecule has 0 spiro atoms. The predicted molar refractivity (Wildman–Crippen MR) is 341 cm³/mol. The van der Waals surface area contributed by atoms with Crippen LogP contribution in [0.25, 0.3) is 0 Å². The van der Waals surface area contributed by atoms with Crippen molar-refractivity contribution in [3.8, 4) is 0 Å². The van der Waals surface area contributed by atoms with E-state index in [4.69, 9.17) is 0 Å². The van der Waals surface area contributed by atoms with E-state index in [9.17, 15) is 9.59 Å². The fourth-order valence-electron chi connectivity index (χ4n) is 4.55. The highest BCUT2D eigenvalue weighted by Crippen LogP contribution is 2.10. The molecule has 0 aliphatic heterocycles. The van der Waals surface area contributed by atoms with E-state index in [1.807, 2.05) is 35.1 Å². The highest BCUT2D eigenvalue weighted by molar-refractivity contribution is 5.81. The number of allylic oxidation sites excluding steroid dienone is 1. The van der Waals surface area contributed by atoms with E-state index in [1.165, 1.54) is 76.2 Å². The average Bonchev–Trinajstić information content (AvgIpc) is 3.21. The lowest BCUT2D eigenvalue weighted by atomic mass is 10.0. The third-order valence-electron chi connectivity index (χ3n) is 10.1. The number of unbranched alkanes of at least 4 members (excludes halogenated alkanes) is 5. The molecule has 0 aliphatic rings. The van der Waals surface area contributed by atoms with Crippen LogP contribution in [0.5, 0.6) is 0 Å². The number of hydrogen-bond donors (Lipinski definition) is 5. The molecule has 5 N–H and O–H groups in total. The van der Waals surface area contributed by atoms with Gasteiger partial charge in [0.25, 0.3) is 0 Å². The van der Waals surface area contributed by atoms with E-state index in [1.54, 1.807) is 13.8 Å². The van der Waals surface area contributed by atoms with Crippen molar-refractivity contribution in [3.05, 3.63) is 35.1 Å². The van der Waals surface area contributed by atoms with E-state index in [2.05, 4.69) is 132 Å². The largest absolute Gasteiger partial charge is 0.318 e. The van der Waals surface area contributed by atoms with Crippen LogP contribution in [0.4, 0.5) is 0 Å². The van der Waals surface area contributed by atoms with Crippen LogP contribution in [-0.4, -0.2) is 77.5 Å². The molecule has 0 amide bonds. The van der Waals surface area contributed by atoms with Gasteiger partial charge in [0.2, 0.25) is 0 Å². The normalized spacial score (nSPS) is 9.80. The van der Waals surface area contributed by atoms with E-state index < -0.39 is 0 Å². The van der Waals surface area contributed by atoms with Gasteiger partial charge in [-0.1, -0.05) is 247 Å². The first kappa shape index (κ1) is 122. The second kappa shape index (κ2) is 103. The molecule has 0 heterocycles. The predicted octanol–water partition coefficient (Wildman–Crippen LogP) is 19.7. The van der Waals surface area contributed by atoms with Crippen molar-refractivity contribution in [2.45, 2.75) is 300 Å². The molecule has 0 saturated carbocycles. The topological polar surface area (TPSA) is 94.3 Å². The van der Waals surface area contributed by atoms with Gasteiger partial charge in [0, 0.05) is 27.1 Å². The smallest absolute Gasteiger partial charge is 0.146 e. The summed E-state index contributed by atoms with van der Waals surface area (Å²) in [5.41, 5.74) is 12.0. The van der Waals surface area contributed by atoms with Crippen molar-refractivity contribution >= 4 is 11.6 Å². The Morgan fingerprint density at radius 3 is 1.16 bits per heavy atom. The van der Waals surface area contributed by atoms with Crippen LogP contribution in [0.15, 0.2) is 35.1 Å². The number of likely N-dealkylation sites (N-methyl/N-ethyl adjacent to an activating group) is 4. The van der Waals surface area contributed by atoms with E-state index >= 15 is 0 Å². The Hall–Kier alpha value is -2.00. The number of nitrogens with one attached hydrogen (secondary N) is 5. The number of rotatable bonds is 26. The Bertz CT molecular complexity index is 992. The Balaban J connectivity index is -0.0000000257. The molecular formula is C62H153N5O2. The SMILES string of the molecule is C.C.C.C.C.C.C.C.C.C.C.C.C=C=C=C=C=C(C)C(C)CC.CCC(C)C.CCC(C)CC.CCCC(CNCCNC)NC.CCCCCC(NC)C(C)=O.CCCCCCC(NC)C(C)=O.[HH]. The van der Waals surface area contributed by atoms with Crippen LogP contribution in [0.1, 0.15) is 284 Å². The van der Waals surface area contributed by atoms with Crippen molar-refractivity contribution in [1.82, 2.24) is 26.6 Å². The molecule has 7 heteroatoms. The van der Waals surface area contributed by atoms with Gasteiger partial charge >= 0.3 is 0 Å². The summed E-state index contributed by atoms with van der Waals surface area (Å²) in [7, 11) is 7.70. The van der Waals surface area contributed by atoms with E-state index in [-0.39, 0.29) is 114 Å². The second-order valence-corrected chi connectivity index (χ2v) is 15.6. The molecule has 0 aromatic carbocycles. The molecular weight excluding hydrogens is 847 g/mol. The summed E-state index contributed by atoms with van der Waals surface area (Å²) < 4.78 is 0. The highest BCUT2D eigenvalue weighted by atomic mass is 16.1. The zero-order chi connectivity index (χ0) is 45.3. The van der Waals surface area contributed by atoms with Crippen LogP contribution in [0, 0.1) is 17.8 Å². The van der Waals surface area contributed by atoms with Gasteiger partial charge in [0.1, 0.15) is 11.6 Å². The minimum Gasteiger partial charge on any atom is -0.318 e. The lowest BCUT2D eigenvalue weighted by Crippen LogP contribution is -2.38. The molecule has 0 fully saturated rings. The fraction of sp³-hybridized carbons (Fsp3) is 0.871. The van der Waals surface area contributed by atoms with Gasteiger partial charge in [-0.25, -0.2) is 0 Å². The van der Waals surface area contributed by atoms with Gasteiger partial charge in [-0.15, -0.1) is 0 Å². The third kappa shape index (κ3) is 113. The molecule has 0 bridgehead atoms. The molecule has 7 nitrogen and oxygen atoms in total. The van der Waals surface area contributed by atoms with Crippen molar-refractivity contribution in [2.24, 2.45) is 17.8 Å². The monoisotopic (exact) mass is 1000 g/mol. The summed E-state index contributed by atoms with van der Waals surface area (Å²) in [5, 5.41) is 15.8. The van der Waals surface area contributed by atoms with Gasteiger partial charge in [0.05, 0.1) is 12.1 Å². The van der Waals surface area contributed by atoms with Crippen LogP contribution < -0.4 is 26.6 Å². The van der Waals surface area contributed by atoms with Gasteiger partial charge in [-0.3, -0.25) is 9.59 Å². The summed E-state index contributed by atoms with van der Waals surface area (Å²) >= 11 is 0. The van der Waals surface area contributed by atoms with Gasteiger partial charge in [-0.05, 0) is 116 Å². The molecule has 0 radical (unpaired) electrons. The maximum absolute atomic E-state index is 11.0. The van der Waals surface area contributed by atoms with Crippen LogP contribution in [0.2, 0.25) is 0 Å². The van der Waals surface area contributed by atoms with Gasteiger partial charge in [0.15, 0.2) is 0 Å². The summed E-state index contributed by atoms with van der Waals surface area (Å²) in [6.07, 6.45) is 18.1. The fourth-order valence-corrected chi connectivity index (χ4v) is 4.55. The maximum atomic E-state index is 11.0. The van der Waals surface area contributed by atoms with Crippen LogP contribution in [0.3, 0.4) is 0 Å². The first-order valence-electron chi connectivity index (χ1n) is 23.1. The molecule has 69 heavy (non-hydrogen) atoms. The number of Topliss-reactive ketones (excluding diaryl/α,β-unsaturated/α-hetero) is 2. The Morgan fingerprint density at radius 1 is 0.507 bits per heavy atom. The zero-order valence-electron chi connectivity index (χ0n) is 41.7. The minimum absolute atomic E-state index is 0. The standard InChI is InChI=1S/C11H14.C10H21NO.C9H23N3.C9H19NO.C6H14.C5H12.12CH4.H2/c1-5-7-8-9-11(4)10(3)6-2;1-4-5-6-7-8-10(11-3)9(2)12;1-4-5-9(11-3)8-12-7-6-10-2;1-4-5-6-7-9(10-3)8(2)11;1-4-6(3)5-2;1-4-5(2)3;;;;;;;;;;;;;/h10H,1,6H2,2-4H3;10-11H,4-8H2,1-3H3;9-12H,4-8H2,1-3H3;9-10H,4-7H2,1-3H3;6H,4-5H2,1-3H3;5H,4H2,1-3H3;12*1H4;1H. The molecule has 0 saturated heterocycles. The molecule has 4 unspecified atom stereocenters. The van der Waals surface area contributed by atoms with E-state index in [0.717, 1.165) is 57.2 Å². The molecule has 4 atom stereocenters. The second-order valence-electron chi connectivity index (χ2n) is 15.6. The van der Waals surface area contributed by atoms with Crippen molar-refractivity contribution in [1.29, 1.82) is 0 Å². The Kier molecular flexibility index (Phi) is 182. The maximum Gasteiger partial charge on any atom is 0.146 e. The number of carbonyl (C=O) groups is 2. The first-order valence-corrected chi connectivity index (χ1v) is 23.1. The quantitative estimate of drug-likeness (QED) is 0.0435. The summed E-state index contributed by atoms with van der Waals surface area (Å²) in [6.45, 7) is 36.2. The Labute approximate surface area is 448 Å². The molecule has 0 aliphatic carbocycles. The minimum atomic E-state index is 0. The zero-order valence-corrected chi connectivity index (χ0v) is 41.7. The first-order chi connectivity index (χ1) is 27.1. The van der Waals surface area contributed by atoms with Crippen molar-refractivity contribution in [2.75, 3.05) is 47.8 Å². The summed E-state index contributed by atoms with van der Waals surface area (Å²) in [6, 6.07) is 0.801. The molecule has 0 aromatic heterocycles. The van der Waals surface area contributed by atoms with Gasteiger partial charge in [-0.2, -0.15) is 0 Å². The lowest BCUT2D eigenvalue weighted by molar-refractivity contribution is -0.119.